The van der Waals surface area contributed by atoms with Gasteiger partial charge in [0.15, 0.2) is 0 Å². The van der Waals surface area contributed by atoms with E-state index in [1.54, 1.807) is 37.1 Å². The summed E-state index contributed by atoms with van der Waals surface area (Å²) in [5.41, 5.74) is 4.76. The van der Waals surface area contributed by atoms with Crippen molar-refractivity contribution < 1.29 is 19.0 Å². The van der Waals surface area contributed by atoms with Crippen LogP contribution in [-0.4, -0.2) is 34.9 Å². The fourth-order valence-electron chi connectivity index (χ4n) is 4.42. The highest BCUT2D eigenvalue weighted by molar-refractivity contribution is 6.06. The maximum Gasteiger partial charge on any atom is 0.255 e. The van der Waals surface area contributed by atoms with E-state index in [0.717, 1.165) is 11.1 Å². The van der Waals surface area contributed by atoms with Gasteiger partial charge in [-0.15, -0.1) is 0 Å². The Labute approximate surface area is 221 Å². The molecule has 0 radical (unpaired) electrons. The van der Waals surface area contributed by atoms with Gasteiger partial charge in [0.2, 0.25) is 5.95 Å². The molecule has 0 saturated heterocycles. The van der Waals surface area contributed by atoms with Crippen LogP contribution in [0, 0.1) is 6.92 Å². The molecule has 9 heteroatoms. The second-order valence-electron chi connectivity index (χ2n) is 8.96. The number of carbonyl (C=O) groups is 1. The molecule has 1 aliphatic heterocycles. The third kappa shape index (κ3) is 5.04. The van der Waals surface area contributed by atoms with E-state index in [4.69, 9.17) is 14.2 Å². The molecule has 1 aliphatic rings. The minimum atomic E-state index is -0.534. The van der Waals surface area contributed by atoms with Crippen LogP contribution in [-0.2, 0) is 11.4 Å². The largest absolute Gasteiger partial charge is 0.497 e. The molecule has 0 fully saturated rings. The smallest absolute Gasteiger partial charge is 0.255 e. The number of aromatic nitrogens is 3. The summed E-state index contributed by atoms with van der Waals surface area (Å²) in [5, 5.41) is 10.6. The van der Waals surface area contributed by atoms with Gasteiger partial charge in [-0.3, -0.25) is 4.79 Å². The van der Waals surface area contributed by atoms with Crippen molar-refractivity contribution in [3.63, 3.8) is 0 Å². The lowest BCUT2D eigenvalue weighted by atomic mass is 9.94. The molecule has 0 saturated carbocycles. The second kappa shape index (κ2) is 10.7. The molecule has 0 bridgehead atoms. The number of allylic oxidation sites excluding steroid dienone is 1. The topological polar surface area (TPSA) is 99.5 Å². The van der Waals surface area contributed by atoms with E-state index >= 15 is 0 Å². The van der Waals surface area contributed by atoms with Crippen molar-refractivity contribution >= 4 is 17.5 Å². The van der Waals surface area contributed by atoms with E-state index in [-0.39, 0.29) is 5.91 Å². The Balaban J connectivity index is 1.47. The van der Waals surface area contributed by atoms with Crippen LogP contribution in [0.2, 0.25) is 0 Å². The maximum atomic E-state index is 13.8. The molecule has 2 heterocycles. The standard InChI is InChI=1S/C29H29N5O4/c1-18-8-10-20(11-9-18)16-38-23-7-5-6-21(14-23)27-26(19(2)32-29-30-17-31-34(27)29)28(35)33-24-15-22(36-3)12-13-25(24)37-4/h5-15,17,27H,16H2,1-4H3,(H,33,35)(H,30,31,32)/t27-/m0/s1. The van der Waals surface area contributed by atoms with Gasteiger partial charge in [-0.25, -0.2) is 4.68 Å². The number of rotatable bonds is 8. The number of nitrogens with one attached hydrogen (secondary N) is 2. The van der Waals surface area contributed by atoms with Crippen LogP contribution in [0.25, 0.3) is 0 Å². The van der Waals surface area contributed by atoms with Gasteiger partial charge in [0, 0.05) is 11.8 Å². The fourth-order valence-corrected chi connectivity index (χ4v) is 4.42. The Morgan fingerprint density at radius 3 is 2.58 bits per heavy atom. The molecular weight excluding hydrogens is 482 g/mol. The van der Waals surface area contributed by atoms with Gasteiger partial charge in [-0.05, 0) is 49.2 Å². The van der Waals surface area contributed by atoms with Gasteiger partial charge in [0.25, 0.3) is 5.91 Å². The number of hydrogen-bond acceptors (Lipinski definition) is 7. The number of hydrogen-bond donors (Lipinski definition) is 2. The molecule has 0 unspecified atom stereocenters. The molecule has 5 rings (SSSR count). The van der Waals surface area contributed by atoms with E-state index in [1.165, 1.54) is 11.9 Å². The monoisotopic (exact) mass is 511 g/mol. The quantitative estimate of drug-likeness (QED) is 0.339. The van der Waals surface area contributed by atoms with Crippen molar-refractivity contribution in [2.24, 2.45) is 0 Å². The number of ether oxygens (including phenoxy) is 3. The van der Waals surface area contributed by atoms with Gasteiger partial charge in [-0.1, -0.05) is 42.0 Å². The Bertz CT molecular complexity index is 1490. The van der Waals surface area contributed by atoms with Gasteiger partial charge in [0.1, 0.15) is 36.2 Å². The minimum Gasteiger partial charge on any atom is -0.497 e. The predicted octanol–water partition coefficient (Wildman–Crippen LogP) is 5.11. The van der Waals surface area contributed by atoms with Gasteiger partial charge < -0.3 is 24.8 Å². The van der Waals surface area contributed by atoms with Gasteiger partial charge in [-0.2, -0.15) is 10.1 Å². The number of aryl methyl sites for hydroxylation is 1. The van der Waals surface area contributed by atoms with E-state index in [1.807, 2.05) is 31.2 Å². The van der Waals surface area contributed by atoms with Gasteiger partial charge in [0.05, 0.1) is 25.5 Å². The number of benzene rings is 3. The molecule has 9 nitrogen and oxygen atoms in total. The SMILES string of the molecule is COc1ccc(OC)c(NC(=O)C2=C(C)Nc3ncnn3[C@H]2c2cccc(OCc3ccc(C)cc3)c2)c1. The van der Waals surface area contributed by atoms with E-state index in [0.29, 0.717) is 46.8 Å². The molecule has 3 aromatic carbocycles. The van der Waals surface area contributed by atoms with E-state index in [2.05, 4.69) is 51.9 Å². The van der Waals surface area contributed by atoms with Crippen LogP contribution >= 0.6 is 0 Å². The lowest BCUT2D eigenvalue weighted by molar-refractivity contribution is -0.113. The van der Waals surface area contributed by atoms with Crippen LogP contribution in [0.15, 0.2) is 84.3 Å². The highest BCUT2D eigenvalue weighted by Crippen LogP contribution is 2.37. The summed E-state index contributed by atoms with van der Waals surface area (Å²) in [5.74, 6) is 2.05. The van der Waals surface area contributed by atoms with Crippen LogP contribution in [0.5, 0.6) is 17.2 Å². The Morgan fingerprint density at radius 1 is 1.00 bits per heavy atom. The predicted molar refractivity (Wildman–Crippen MR) is 145 cm³/mol. The van der Waals surface area contributed by atoms with Crippen LogP contribution in [0.3, 0.4) is 0 Å². The first-order chi connectivity index (χ1) is 18.5. The molecule has 2 N–H and O–H groups in total. The first-order valence-electron chi connectivity index (χ1n) is 12.2. The molecule has 1 atom stereocenters. The molecule has 1 aromatic heterocycles. The lowest BCUT2D eigenvalue weighted by Crippen LogP contribution is -2.31. The Kier molecular flexibility index (Phi) is 6.99. The van der Waals surface area contributed by atoms with Crippen molar-refractivity contribution in [2.45, 2.75) is 26.5 Å². The third-order valence-corrected chi connectivity index (χ3v) is 6.39. The van der Waals surface area contributed by atoms with Crippen molar-refractivity contribution in [2.75, 3.05) is 24.9 Å². The summed E-state index contributed by atoms with van der Waals surface area (Å²) in [6.45, 7) is 4.34. The van der Waals surface area contributed by atoms with Crippen molar-refractivity contribution in [1.82, 2.24) is 14.8 Å². The normalized spacial score (nSPS) is 14.4. The lowest BCUT2D eigenvalue weighted by Gasteiger charge is -2.29. The Morgan fingerprint density at radius 2 is 1.82 bits per heavy atom. The average molecular weight is 512 g/mol. The number of methoxy groups -OCH3 is 2. The summed E-state index contributed by atoms with van der Waals surface area (Å²) in [6.07, 6.45) is 1.46. The highest BCUT2D eigenvalue weighted by atomic mass is 16.5. The first kappa shape index (κ1) is 24.9. The highest BCUT2D eigenvalue weighted by Gasteiger charge is 2.34. The maximum absolute atomic E-state index is 13.8. The minimum absolute atomic E-state index is 0.307. The number of amides is 1. The summed E-state index contributed by atoms with van der Waals surface area (Å²) in [7, 11) is 3.12. The van der Waals surface area contributed by atoms with E-state index < -0.39 is 6.04 Å². The average Bonchev–Trinajstić information content (AvgIpc) is 3.40. The van der Waals surface area contributed by atoms with Gasteiger partial charge >= 0.3 is 0 Å². The van der Waals surface area contributed by atoms with Crippen molar-refractivity contribution in [3.05, 3.63) is 101 Å². The van der Waals surface area contributed by atoms with Crippen molar-refractivity contribution in [1.29, 1.82) is 0 Å². The molecule has 1 amide bonds. The molecular formula is C29H29N5O4. The van der Waals surface area contributed by atoms with Crippen LogP contribution in [0.4, 0.5) is 11.6 Å². The Hall–Kier alpha value is -4.79. The summed E-state index contributed by atoms with van der Waals surface area (Å²) >= 11 is 0. The zero-order valence-corrected chi connectivity index (χ0v) is 21.7. The zero-order chi connectivity index (χ0) is 26.6. The number of nitrogens with zero attached hydrogens (tertiary/aromatic N) is 3. The summed E-state index contributed by atoms with van der Waals surface area (Å²) < 4.78 is 18.6. The fraction of sp³-hybridized carbons (Fsp3) is 0.207. The summed E-state index contributed by atoms with van der Waals surface area (Å²) in [4.78, 5) is 18.1. The van der Waals surface area contributed by atoms with Crippen LogP contribution in [0.1, 0.15) is 29.7 Å². The first-order valence-corrected chi connectivity index (χ1v) is 12.2. The molecule has 38 heavy (non-hydrogen) atoms. The van der Waals surface area contributed by atoms with Crippen molar-refractivity contribution in [3.8, 4) is 17.2 Å². The molecule has 0 aliphatic carbocycles. The number of carbonyl (C=O) groups excluding carboxylic acids is 1. The zero-order valence-electron chi connectivity index (χ0n) is 21.7. The summed E-state index contributed by atoms with van der Waals surface area (Å²) in [6, 6.07) is 20.6. The molecule has 194 valence electrons. The molecule has 0 spiro atoms. The molecule has 4 aromatic rings. The van der Waals surface area contributed by atoms with Crippen LogP contribution < -0.4 is 24.8 Å². The third-order valence-electron chi connectivity index (χ3n) is 6.39. The number of fused-ring (bicyclic) bond motifs is 1. The number of anilines is 2. The second-order valence-corrected chi connectivity index (χ2v) is 8.96. The van der Waals surface area contributed by atoms with E-state index in [9.17, 15) is 4.79 Å².